The van der Waals surface area contributed by atoms with Gasteiger partial charge in [-0.15, -0.1) is 0 Å². The van der Waals surface area contributed by atoms with Gasteiger partial charge in [-0.25, -0.2) is 4.98 Å². The predicted octanol–water partition coefficient (Wildman–Crippen LogP) is 12.7. The second kappa shape index (κ2) is 10.3. The third-order valence-corrected chi connectivity index (χ3v) is 11.3. The molecule has 0 fully saturated rings. The first-order chi connectivity index (χ1) is 24.3. The third-order valence-electron chi connectivity index (χ3n) is 11.3. The van der Waals surface area contributed by atoms with E-state index in [1.54, 1.807) is 0 Å². The minimum atomic E-state index is -0.129. The van der Waals surface area contributed by atoms with E-state index in [1.807, 2.05) is 30.3 Å². The Morgan fingerprint density at radius 2 is 1.12 bits per heavy atom. The average molecular weight is 645 g/mol. The van der Waals surface area contributed by atoms with Gasteiger partial charge in [0.05, 0.1) is 11.1 Å². The van der Waals surface area contributed by atoms with Crippen LogP contribution in [0.1, 0.15) is 49.9 Å². The number of fused-ring (bicyclic) bond motifs is 9. The Kier molecular flexibility index (Phi) is 5.97. The monoisotopic (exact) mass is 644 g/mol. The van der Waals surface area contributed by atoms with E-state index in [0.29, 0.717) is 5.89 Å². The van der Waals surface area contributed by atoms with Crippen LogP contribution < -0.4 is 4.90 Å². The first-order valence-corrected chi connectivity index (χ1v) is 17.5. The summed E-state index contributed by atoms with van der Waals surface area (Å²) in [7, 11) is 0. The van der Waals surface area contributed by atoms with Crippen LogP contribution in [0.25, 0.3) is 55.6 Å². The molecule has 1 aromatic heterocycles. The van der Waals surface area contributed by atoms with Crippen LogP contribution >= 0.6 is 0 Å². The summed E-state index contributed by atoms with van der Waals surface area (Å²) in [4.78, 5) is 7.40. The first-order valence-electron chi connectivity index (χ1n) is 17.5. The van der Waals surface area contributed by atoms with Gasteiger partial charge in [-0.2, -0.15) is 0 Å². The van der Waals surface area contributed by atoms with Gasteiger partial charge in [-0.1, -0.05) is 125 Å². The Labute approximate surface area is 292 Å². The fourth-order valence-electron chi connectivity index (χ4n) is 8.73. The number of aromatic nitrogens is 1. The molecular formula is C47H36N2O. The van der Waals surface area contributed by atoms with Gasteiger partial charge in [-0.05, 0) is 98.4 Å². The lowest BCUT2D eigenvalue weighted by molar-refractivity contribution is 0.623. The van der Waals surface area contributed by atoms with E-state index in [4.69, 9.17) is 9.40 Å². The Hall–Kier alpha value is -5.93. The number of rotatable bonds is 4. The zero-order valence-electron chi connectivity index (χ0n) is 28.7. The summed E-state index contributed by atoms with van der Waals surface area (Å²) in [5, 5.41) is 2.15. The predicted molar refractivity (Wildman–Crippen MR) is 207 cm³/mol. The lowest BCUT2D eigenvalue weighted by Gasteiger charge is -2.30. The van der Waals surface area contributed by atoms with Gasteiger partial charge in [0.15, 0.2) is 5.58 Å². The average Bonchev–Trinajstić information content (AvgIpc) is 3.76. The maximum absolute atomic E-state index is 6.69. The normalized spacial score (nSPS) is 14.7. The van der Waals surface area contributed by atoms with Crippen molar-refractivity contribution < 1.29 is 4.42 Å². The number of hydrogen-bond donors (Lipinski definition) is 0. The Morgan fingerprint density at radius 1 is 0.500 bits per heavy atom. The molecule has 2 aliphatic rings. The largest absolute Gasteiger partial charge is 0.435 e. The highest BCUT2D eigenvalue weighted by Crippen LogP contribution is 2.53. The smallest absolute Gasteiger partial charge is 0.227 e. The molecule has 0 saturated carbocycles. The molecule has 7 aromatic carbocycles. The standard InChI is InChI=1S/C47H36N2O/c1-46(2)38-19-11-9-17-34(38)36-27-31(23-25-39(36)46)49(32-22-24-35-33-16-8-10-18-37(33)47(3,4)40(35)28-32)42-20-12-15-29-21-26-41-44(43(29)42)50-45(48-41)30-13-6-5-7-14-30/h5-28H,1-4H3. The first kappa shape index (κ1) is 29.0. The van der Waals surface area contributed by atoms with E-state index >= 15 is 0 Å². The van der Waals surface area contributed by atoms with E-state index in [-0.39, 0.29) is 10.8 Å². The molecule has 0 aliphatic heterocycles. The zero-order valence-corrected chi connectivity index (χ0v) is 28.7. The molecule has 10 rings (SSSR count). The van der Waals surface area contributed by atoms with Crippen LogP contribution in [0.2, 0.25) is 0 Å². The van der Waals surface area contributed by atoms with Crippen molar-refractivity contribution in [1.29, 1.82) is 0 Å². The van der Waals surface area contributed by atoms with Crippen molar-refractivity contribution in [2.24, 2.45) is 0 Å². The van der Waals surface area contributed by atoms with E-state index in [2.05, 4.69) is 148 Å². The van der Waals surface area contributed by atoms with Gasteiger partial charge < -0.3 is 9.32 Å². The number of hydrogen-bond acceptors (Lipinski definition) is 3. The second-order valence-electron chi connectivity index (χ2n) is 14.8. The molecule has 0 amide bonds. The van der Waals surface area contributed by atoms with Crippen LogP contribution in [-0.2, 0) is 10.8 Å². The molecule has 3 heteroatoms. The number of oxazole rings is 1. The van der Waals surface area contributed by atoms with Gasteiger partial charge in [-0.3, -0.25) is 0 Å². The van der Waals surface area contributed by atoms with Gasteiger partial charge in [0, 0.05) is 27.8 Å². The molecule has 2 aliphatic carbocycles. The topological polar surface area (TPSA) is 29.3 Å². The van der Waals surface area contributed by atoms with Crippen molar-refractivity contribution in [2.75, 3.05) is 4.90 Å². The minimum absolute atomic E-state index is 0.0715. The molecule has 240 valence electrons. The van der Waals surface area contributed by atoms with Gasteiger partial charge in [0.2, 0.25) is 5.89 Å². The molecule has 0 bridgehead atoms. The van der Waals surface area contributed by atoms with Gasteiger partial charge >= 0.3 is 0 Å². The fraction of sp³-hybridized carbons (Fsp3) is 0.128. The minimum Gasteiger partial charge on any atom is -0.435 e. The van der Waals surface area contributed by atoms with Crippen molar-refractivity contribution in [3.63, 3.8) is 0 Å². The van der Waals surface area contributed by atoms with Gasteiger partial charge in [0.25, 0.3) is 0 Å². The lowest BCUT2D eigenvalue weighted by atomic mass is 9.82. The maximum Gasteiger partial charge on any atom is 0.227 e. The summed E-state index contributed by atoms with van der Waals surface area (Å²) in [5.41, 5.74) is 16.4. The highest BCUT2D eigenvalue weighted by Gasteiger charge is 2.37. The lowest BCUT2D eigenvalue weighted by Crippen LogP contribution is -2.17. The highest BCUT2D eigenvalue weighted by molar-refractivity contribution is 6.12. The van der Waals surface area contributed by atoms with Crippen LogP contribution in [0.5, 0.6) is 0 Å². The van der Waals surface area contributed by atoms with Crippen molar-refractivity contribution in [3.8, 4) is 33.7 Å². The van der Waals surface area contributed by atoms with Crippen molar-refractivity contribution in [2.45, 2.75) is 38.5 Å². The third kappa shape index (κ3) is 4.01. The molecular weight excluding hydrogens is 609 g/mol. The fourth-order valence-corrected chi connectivity index (χ4v) is 8.73. The molecule has 1 heterocycles. The SMILES string of the molecule is CC1(C)c2ccccc2-c2cc(N(c3ccc4c(c3)C(C)(C)c3ccccc3-4)c3cccc4ccc5nc(-c6ccccc6)oc5c34)ccc21. The van der Waals surface area contributed by atoms with Crippen molar-refractivity contribution >= 4 is 38.9 Å². The second-order valence-corrected chi connectivity index (χ2v) is 14.8. The van der Waals surface area contributed by atoms with E-state index in [9.17, 15) is 0 Å². The molecule has 0 saturated heterocycles. The van der Waals surface area contributed by atoms with Crippen molar-refractivity contribution in [3.05, 3.63) is 168 Å². The number of nitrogens with zero attached hydrogens (tertiary/aromatic N) is 2. The molecule has 0 atom stereocenters. The molecule has 50 heavy (non-hydrogen) atoms. The van der Waals surface area contributed by atoms with Crippen LogP contribution in [0, 0.1) is 0 Å². The summed E-state index contributed by atoms with van der Waals surface area (Å²) >= 11 is 0. The molecule has 0 unspecified atom stereocenters. The van der Waals surface area contributed by atoms with Crippen LogP contribution in [0.4, 0.5) is 17.1 Å². The van der Waals surface area contributed by atoms with Gasteiger partial charge in [0.1, 0.15) is 5.52 Å². The quantitative estimate of drug-likeness (QED) is 0.191. The summed E-state index contributed by atoms with van der Waals surface area (Å²) in [5.74, 6) is 0.628. The highest BCUT2D eigenvalue weighted by atomic mass is 16.3. The Balaban J connectivity index is 1.25. The van der Waals surface area contributed by atoms with E-state index < -0.39 is 0 Å². The van der Waals surface area contributed by atoms with Crippen LogP contribution in [0.3, 0.4) is 0 Å². The summed E-state index contributed by atoms with van der Waals surface area (Å²) in [6.45, 7) is 9.37. The summed E-state index contributed by atoms with van der Waals surface area (Å²) < 4.78 is 6.69. The summed E-state index contributed by atoms with van der Waals surface area (Å²) in [6.07, 6.45) is 0. The number of anilines is 3. The molecule has 0 radical (unpaired) electrons. The number of benzene rings is 7. The molecule has 8 aromatic rings. The maximum atomic E-state index is 6.69. The van der Waals surface area contributed by atoms with E-state index in [1.165, 1.54) is 44.5 Å². The summed E-state index contributed by atoms with van der Waals surface area (Å²) in [6, 6.07) is 52.7. The van der Waals surface area contributed by atoms with Crippen LogP contribution in [-0.4, -0.2) is 4.98 Å². The van der Waals surface area contributed by atoms with Crippen LogP contribution in [0.15, 0.2) is 150 Å². The molecule has 3 nitrogen and oxygen atoms in total. The van der Waals surface area contributed by atoms with Crippen molar-refractivity contribution in [1.82, 2.24) is 4.98 Å². The zero-order chi connectivity index (χ0) is 33.8. The molecule has 0 N–H and O–H groups in total. The van der Waals surface area contributed by atoms with E-state index in [0.717, 1.165) is 44.5 Å². The Bertz CT molecular complexity index is 2660. The Morgan fingerprint density at radius 3 is 1.90 bits per heavy atom. The molecule has 0 spiro atoms.